The van der Waals surface area contributed by atoms with Gasteiger partial charge in [-0.25, -0.2) is 0 Å². The first kappa shape index (κ1) is 11.8. The van der Waals surface area contributed by atoms with Gasteiger partial charge in [-0.05, 0) is 31.0 Å². The molecule has 3 nitrogen and oxygen atoms in total. The van der Waals surface area contributed by atoms with Gasteiger partial charge in [-0.2, -0.15) is 0 Å². The van der Waals surface area contributed by atoms with Crippen molar-refractivity contribution in [3.05, 3.63) is 39.6 Å². The zero-order chi connectivity index (χ0) is 12.7. The van der Waals surface area contributed by atoms with Crippen molar-refractivity contribution >= 4 is 29.5 Å². The molecule has 3 rings (SSSR count). The minimum Gasteiger partial charge on any atom is -0.360 e. The number of halogens is 2. The topological polar surface area (TPSA) is 43.1 Å². The fourth-order valence-electron chi connectivity index (χ4n) is 1.94. The number of nitrogens with zero attached hydrogens (tertiary/aromatic N) is 1. The normalized spacial score (nSPS) is 14.8. The molecule has 0 unspecified atom stereocenters. The van der Waals surface area contributed by atoms with Gasteiger partial charge in [0.05, 0.1) is 10.6 Å². The number of aromatic nitrogens is 1. The Kier molecular flexibility index (Phi) is 2.88. The summed E-state index contributed by atoms with van der Waals surface area (Å²) in [5.41, 5.74) is 1.66. The molecule has 0 atom stereocenters. The predicted octanol–water partition coefficient (Wildman–Crippen LogP) is 4.34. The number of carbonyl (C=O) groups excluding carboxylic acids is 1. The van der Waals surface area contributed by atoms with Crippen LogP contribution in [0.2, 0.25) is 10.0 Å². The first-order chi connectivity index (χ1) is 8.70. The van der Waals surface area contributed by atoms with Crippen molar-refractivity contribution in [2.75, 3.05) is 0 Å². The third-order valence-electron chi connectivity index (χ3n) is 3.01. The van der Waals surface area contributed by atoms with E-state index in [2.05, 4.69) is 5.16 Å². The molecule has 0 radical (unpaired) electrons. The summed E-state index contributed by atoms with van der Waals surface area (Å²) in [5, 5.41) is 4.98. The van der Waals surface area contributed by atoms with Crippen LogP contribution in [0.5, 0.6) is 0 Å². The molecule has 1 aliphatic carbocycles. The van der Waals surface area contributed by atoms with E-state index in [1.54, 1.807) is 18.2 Å². The molecule has 0 bridgehead atoms. The second kappa shape index (κ2) is 4.41. The average Bonchev–Trinajstić information content (AvgIpc) is 3.10. The van der Waals surface area contributed by atoms with Crippen LogP contribution in [-0.2, 0) is 0 Å². The van der Waals surface area contributed by atoms with Gasteiger partial charge in [0.2, 0.25) is 0 Å². The number of rotatable bonds is 3. The van der Waals surface area contributed by atoms with Gasteiger partial charge in [0, 0.05) is 16.5 Å². The maximum absolute atomic E-state index is 11.2. The van der Waals surface area contributed by atoms with Gasteiger partial charge in [0.1, 0.15) is 5.69 Å². The van der Waals surface area contributed by atoms with E-state index in [0.29, 0.717) is 38.5 Å². The van der Waals surface area contributed by atoms with E-state index in [1.165, 1.54) is 0 Å². The molecule has 18 heavy (non-hydrogen) atoms. The van der Waals surface area contributed by atoms with Gasteiger partial charge in [-0.3, -0.25) is 4.79 Å². The molecule has 1 aromatic heterocycles. The second-order valence-electron chi connectivity index (χ2n) is 4.33. The van der Waals surface area contributed by atoms with E-state index >= 15 is 0 Å². The number of benzene rings is 1. The summed E-state index contributed by atoms with van der Waals surface area (Å²) >= 11 is 12.0. The third-order valence-corrected chi connectivity index (χ3v) is 3.56. The summed E-state index contributed by atoms with van der Waals surface area (Å²) < 4.78 is 5.28. The van der Waals surface area contributed by atoms with Crippen molar-refractivity contribution in [3.8, 4) is 11.3 Å². The highest BCUT2D eigenvalue weighted by Crippen LogP contribution is 2.44. The Morgan fingerprint density at radius 3 is 2.72 bits per heavy atom. The smallest absolute Gasteiger partial charge is 0.155 e. The number of hydrogen-bond acceptors (Lipinski definition) is 3. The number of carbonyl (C=O) groups is 1. The average molecular weight is 282 g/mol. The van der Waals surface area contributed by atoms with Crippen LogP contribution in [0.1, 0.15) is 34.9 Å². The molecule has 0 saturated heterocycles. The van der Waals surface area contributed by atoms with Crippen molar-refractivity contribution in [3.63, 3.8) is 0 Å². The van der Waals surface area contributed by atoms with Crippen LogP contribution in [0.3, 0.4) is 0 Å². The Bertz CT molecular complexity index is 617. The molecule has 92 valence electrons. The van der Waals surface area contributed by atoms with E-state index in [4.69, 9.17) is 27.7 Å². The SMILES string of the molecule is O=Cc1c(-c2ccc(Cl)cc2Cl)noc1C1CC1. The molecule has 1 fully saturated rings. The highest BCUT2D eigenvalue weighted by molar-refractivity contribution is 6.36. The van der Waals surface area contributed by atoms with Crippen LogP contribution in [0, 0.1) is 0 Å². The Balaban J connectivity index is 2.13. The first-order valence-corrected chi connectivity index (χ1v) is 6.36. The highest BCUT2D eigenvalue weighted by atomic mass is 35.5. The Labute approximate surface area is 114 Å². The van der Waals surface area contributed by atoms with E-state index in [9.17, 15) is 4.79 Å². The van der Waals surface area contributed by atoms with Crippen LogP contribution >= 0.6 is 23.2 Å². The molecule has 1 aliphatic rings. The van der Waals surface area contributed by atoms with E-state index in [1.807, 2.05) is 0 Å². The molecule has 0 spiro atoms. The van der Waals surface area contributed by atoms with Crippen molar-refractivity contribution < 1.29 is 9.32 Å². The van der Waals surface area contributed by atoms with Crippen LogP contribution in [0.25, 0.3) is 11.3 Å². The zero-order valence-electron chi connectivity index (χ0n) is 9.32. The van der Waals surface area contributed by atoms with Gasteiger partial charge < -0.3 is 4.52 Å². The van der Waals surface area contributed by atoms with Crippen LogP contribution in [0.15, 0.2) is 22.7 Å². The van der Waals surface area contributed by atoms with E-state index in [0.717, 1.165) is 19.1 Å². The van der Waals surface area contributed by atoms with Crippen LogP contribution < -0.4 is 0 Å². The molecular formula is C13H9Cl2NO2. The summed E-state index contributed by atoms with van der Waals surface area (Å²) in [6.07, 6.45) is 2.87. The number of hydrogen-bond donors (Lipinski definition) is 0. The highest BCUT2D eigenvalue weighted by Gasteiger charge is 2.32. The molecule has 1 heterocycles. The largest absolute Gasteiger partial charge is 0.360 e. The predicted molar refractivity (Wildman–Crippen MR) is 69.3 cm³/mol. The van der Waals surface area contributed by atoms with Crippen molar-refractivity contribution in [1.29, 1.82) is 0 Å². The lowest BCUT2D eigenvalue weighted by atomic mass is 10.1. The van der Waals surface area contributed by atoms with Gasteiger partial charge in [0.15, 0.2) is 12.0 Å². The van der Waals surface area contributed by atoms with Crippen LogP contribution in [0.4, 0.5) is 0 Å². The quantitative estimate of drug-likeness (QED) is 0.786. The molecular weight excluding hydrogens is 273 g/mol. The monoisotopic (exact) mass is 281 g/mol. The summed E-state index contributed by atoms with van der Waals surface area (Å²) in [6, 6.07) is 5.08. The molecule has 2 aromatic rings. The van der Waals surface area contributed by atoms with E-state index < -0.39 is 0 Å². The molecule has 1 saturated carbocycles. The molecule has 0 amide bonds. The summed E-state index contributed by atoms with van der Waals surface area (Å²) in [7, 11) is 0. The Morgan fingerprint density at radius 1 is 1.33 bits per heavy atom. The minimum atomic E-state index is 0.331. The Morgan fingerprint density at radius 2 is 2.11 bits per heavy atom. The first-order valence-electron chi connectivity index (χ1n) is 5.61. The lowest BCUT2D eigenvalue weighted by Crippen LogP contribution is -1.89. The zero-order valence-corrected chi connectivity index (χ0v) is 10.8. The maximum Gasteiger partial charge on any atom is 0.155 e. The lowest BCUT2D eigenvalue weighted by Gasteiger charge is -2.01. The fourth-order valence-corrected chi connectivity index (χ4v) is 2.44. The number of aldehydes is 1. The molecule has 0 N–H and O–H groups in total. The minimum absolute atomic E-state index is 0.331. The summed E-state index contributed by atoms with van der Waals surface area (Å²) in [5.74, 6) is 1.00. The molecule has 0 aliphatic heterocycles. The third kappa shape index (κ3) is 1.93. The summed E-state index contributed by atoms with van der Waals surface area (Å²) in [4.78, 5) is 11.2. The van der Waals surface area contributed by atoms with Crippen molar-refractivity contribution in [2.45, 2.75) is 18.8 Å². The van der Waals surface area contributed by atoms with Gasteiger partial charge >= 0.3 is 0 Å². The van der Waals surface area contributed by atoms with Crippen LogP contribution in [-0.4, -0.2) is 11.4 Å². The maximum atomic E-state index is 11.2. The second-order valence-corrected chi connectivity index (χ2v) is 5.17. The lowest BCUT2D eigenvalue weighted by molar-refractivity contribution is 0.112. The van der Waals surface area contributed by atoms with E-state index in [-0.39, 0.29) is 0 Å². The van der Waals surface area contributed by atoms with Crippen molar-refractivity contribution in [1.82, 2.24) is 5.16 Å². The Hall–Kier alpha value is -1.32. The molecule has 1 aromatic carbocycles. The fraction of sp³-hybridized carbons (Fsp3) is 0.231. The van der Waals surface area contributed by atoms with Gasteiger partial charge in [-0.1, -0.05) is 28.4 Å². The van der Waals surface area contributed by atoms with Gasteiger partial charge in [0.25, 0.3) is 0 Å². The van der Waals surface area contributed by atoms with Crippen molar-refractivity contribution in [2.24, 2.45) is 0 Å². The van der Waals surface area contributed by atoms with Gasteiger partial charge in [-0.15, -0.1) is 0 Å². The standard InChI is InChI=1S/C13H9Cl2NO2/c14-8-3-4-9(11(15)5-8)12-10(6-17)13(18-16-12)7-1-2-7/h3-7H,1-2H2. The summed E-state index contributed by atoms with van der Waals surface area (Å²) in [6.45, 7) is 0. The molecule has 5 heteroatoms.